The third kappa shape index (κ3) is 4.57. The van der Waals surface area contributed by atoms with Crippen LogP contribution in [0.2, 0.25) is 5.15 Å². The van der Waals surface area contributed by atoms with Gasteiger partial charge in [-0.25, -0.2) is 19.9 Å². The van der Waals surface area contributed by atoms with Crippen LogP contribution in [0.4, 0.5) is 11.5 Å². The molecule has 216 valence electrons. The maximum Gasteiger partial charge on any atom is 0.229 e. The van der Waals surface area contributed by atoms with Crippen LogP contribution in [0, 0.1) is 5.41 Å². The van der Waals surface area contributed by atoms with Crippen molar-refractivity contribution in [2.45, 2.75) is 59.6 Å². The van der Waals surface area contributed by atoms with Gasteiger partial charge in [0.25, 0.3) is 0 Å². The topological polar surface area (TPSA) is 91.4 Å². The molecule has 0 aliphatic carbocycles. The van der Waals surface area contributed by atoms with Crippen LogP contribution in [-0.2, 0) is 26.0 Å². The van der Waals surface area contributed by atoms with E-state index in [1.54, 1.807) is 12.5 Å². The zero-order chi connectivity index (χ0) is 29.0. The first-order chi connectivity index (χ1) is 20.4. The number of furan rings is 1. The molecule has 1 fully saturated rings. The highest BCUT2D eigenvalue weighted by molar-refractivity contribution is 6.30. The van der Waals surface area contributed by atoms with Crippen LogP contribution in [-0.4, -0.2) is 44.7 Å². The van der Waals surface area contributed by atoms with Gasteiger partial charge in [0, 0.05) is 43.5 Å². The largest absolute Gasteiger partial charge is 0.432 e. The number of hydrogen-bond donors (Lipinski definition) is 1. The zero-order valence-electron chi connectivity index (χ0n) is 24.3. The van der Waals surface area contributed by atoms with Crippen LogP contribution in [0.5, 0.6) is 0 Å². The zero-order valence-corrected chi connectivity index (χ0v) is 25.1. The summed E-state index contributed by atoms with van der Waals surface area (Å²) in [4.78, 5) is 22.9. The molecule has 4 aromatic heterocycles. The Hall–Kier alpha value is -3.75. The quantitative estimate of drug-likeness (QED) is 0.228. The summed E-state index contributed by atoms with van der Waals surface area (Å²) in [6.07, 6.45) is 7.20. The van der Waals surface area contributed by atoms with Crippen molar-refractivity contribution in [1.82, 2.24) is 19.9 Å². The lowest BCUT2D eigenvalue weighted by Gasteiger charge is -2.40. The van der Waals surface area contributed by atoms with E-state index >= 15 is 0 Å². The number of aliphatic hydroxyl groups is 1. The first-order valence-corrected chi connectivity index (χ1v) is 15.2. The third-order valence-corrected chi connectivity index (χ3v) is 9.36. The number of piperidine rings is 1. The fraction of sp³-hybridized carbons (Fsp3) is 0.394. The minimum atomic E-state index is -0.160. The molecule has 0 spiro atoms. The van der Waals surface area contributed by atoms with Crippen molar-refractivity contribution >= 4 is 45.3 Å². The predicted octanol–water partition coefficient (Wildman–Crippen LogP) is 6.73. The SMILES string of the molecule is CCc1c(Cl)nc(CO)c(-c2ccc3c(c2)CCN(c2ncnc4c2oc2ncccc24)C3)c1N1CCC(C)(C)CC1. The molecule has 2 aliphatic heterocycles. The summed E-state index contributed by atoms with van der Waals surface area (Å²) in [6, 6.07) is 10.5. The Morgan fingerprint density at radius 3 is 2.64 bits per heavy atom. The number of pyridine rings is 2. The number of aromatic nitrogens is 4. The summed E-state index contributed by atoms with van der Waals surface area (Å²) in [7, 11) is 0. The van der Waals surface area contributed by atoms with Crippen LogP contribution in [0.1, 0.15) is 56.0 Å². The van der Waals surface area contributed by atoms with E-state index in [0.29, 0.717) is 34.1 Å². The minimum Gasteiger partial charge on any atom is -0.432 e. The molecule has 1 saturated heterocycles. The van der Waals surface area contributed by atoms with Crippen molar-refractivity contribution in [3.05, 3.63) is 70.4 Å². The average molecular weight is 583 g/mol. The number of hydrogen-bond acceptors (Lipinski definition) is 8. The normalized spacial score (nSPS) is 16.8. The molecule has 9 heteroatoms. The summed E-state index contributed by atoms with van der Waals surface area (Å²) >= 11 is 6.73. The Morgan fingerprint density at radius 1 is 1.02 bits per heavy atom. The lowest BCUT2D eigenvalue weighted by atomic mass is 9.82. The van der Waals surface area contributed by atoms with Gasteiger partial charge < -0.3 is 19.3 Å². The molecule has 0 radical (unpaired) electrons. The maximum absolute atomic E-state index is 10.4. The molecule has 5 aromatic rings. The van der Waals surface area contributed by atoms with E-state index in [1.807, 2.05) is 12.1 Å². The second kappa shape index (κ2) is 10.5. The Kier molecular flexibility index (Phi) is 6.78. The lowest BCUT2D eigenvalue weighted by Crippen LogP contribution is -2.38. The van der Waals surface area contributed by atoms with Gasteiger partial charge in [0.15, 0.2) is 11.4 Å². The summed E-state index contributed by atoms with van der Waals surface area (Å²) in [5.41, 5.74) is 9.82. The molecule has 6 heterocycles. The number of nitrogens with zero attached hydrogens (tertiary/aromatic N) is 6. The van der Waals surface area contributed by atoms with Gasteiger partial charge in [0.2, 0.25) is 5.71 Å². The highest BCUT2D eigenvalue weighted by Crippen LogP contribution is 2.44. The van der Waals surface area contributed by atoms with Crippen molar-refractivity contribution in [1.29, 1.82) is 0 Å². The van der Waals surface area contributed by atoms with E-state index < -0.39 is 0 Å². The van der Waals surface area contributed by atoms with Gasteiger partial charge in [-0.15, -0.1) is 0 Å². The molecule has 8 nitrogen and oxygen atoms in total. The van der Waals surface area contributed by atoms with Crippen molar-refractivity contribution in [3.63, 3.8) is 0 Å². The van der Waals surface area contributed by atoms with Gasteiger partial charge >= 0.3 is 0 Å². The van der Waals surface area contributed by atoms with Crippen LogP contribution < -0.4 is 9.80 Å². The fourth-order valence-corrected chi connectivity index (χ4v) is 6.88. The summed E-state index contributed by atoms with van der Waals surface area (Å²) < 4.78 is 6.12. The molecular formula is C33H35ClN6O2. The number of aliphatic hydroxyl groups excluding tert-OH is 1. The number of benzene rings is 1. The van der Waals surface area contributed by atoms with E-state index in [-0.39, 0.29) is 6.61 Å². The standard InChI is InChI=1S/C33H35ClN6O2/c1-4-23-28(39-14-10-33(2,3)11-15-39)26(25(18-41)38-30(23)34)21-7-8-22-17-40(13-9-20(22)16-21)31-29-27(36-19-37-31)24-6-5-12-35-32(24)42-29/h5-8,12,16,19,41H,4,9-11,13-15,17-18H2,1-3H3. The molecule has 0 unspecified atom stereocenters. The van der Waals surface area contributed by atoms with E-state index in [4.69, 9.17) is 16.0 Å². The molecule has 0 atom stereocenters. The molecule has 0 amide bonds. The first-order valence-electron chi connectivity index (χ1n) is 14.8. The Bertz CT molecular complexity index is 1810. The Balaban J connectivity index is 1.26. The highest BCUT2D eigenvalue weighted by atomic mass is 35.5. The molecule has 1 aromatic carbocycles. The minimum absolute atomic E-state index is 0.160. The van der Waals surface area contributed by atoms with Gasteiger partial charge in [-0.05, 0) is 59.9 Å². The monoisotopic (exact) mass is 582 g/mol. The fourth-order valence-electron chi connectivity index (χ4n) is 6.56. The first kappa shape index (κ1) is 27.1. The van der Waals surface area contributed by atoms with E-state index in [1.165, 1.54) is 11.1 Å². The van der Waals surface area contributed by atoms with Gasteiger partial charge in [-0.1, -0.05) is 50.6 Å². The molecule has 2 aliphatic rings. The van der Waals surface area contributed by atoms with Crippen molar-refractivity contribution in [2.24, 2.45) is 5.41 Å². The number of halogens is 1. The van der Waals surface area contributed by atoms with Crippen molar-refractivity contribution in [3.8, 4) is 11.1 Å². The smallest absolute Gasteiger partial charge is 0.229 e. The molecular weight excluding hydrogens is 548 g/mol. The summed E-state index contributed by atoms with van der Waals surface area (Å²) in [6.45, 7) is 10.1. The second-order valence-corrected chi connectivity index (χ2v) is 12.6. The Labute approximate surface area is 250 Å². The van der Waals surface area contributed by atoms with Gasteiger partial charge in [-0.3, -0.25) is 0 Å². The molecule has 42 heavy (non-hydrogen) atoms. The van der Waals surface area contributed by atoms with Crippen LogP contribution in [0.3, 0.4) is 0 Å². The van der Waals surface area contributed by atoms with E-state index in [2.05, 4.69) is 68.7 Å². The average Bonchev–Trinajstić information content (AvgIpc) is 3.39. The van der Waals surface area contributed by atoms with E-state index in [9.17, 15) is 5.11 Å². The Morgan fingerprint density at radius 2 is 1.86 bits per heavy atom. The van der Waals surface area contributed by atoms with E-state index in [0.717, 1.165) is 84.4 Å². The van der Waals surface area contributed by atoms with Crippen LogP contribution in [0.25, 0.3) is 33.3 Å². The molecule has 7 rings (SSSR count). The van der Waals surface area contributed by atoms with Gasteiger partial charge in [0.05, 0.1) is 23.4 Å². The molecule has 0 saturated carbocycles. The highest BCUT2D eigenvalue weighted by Gasteiger charge is 2.31. The van der Waals surface area contributed by atoms with Crippen LogP contribution in [0.15, 0.2) is 47.3 Å². The van der Waals surface area contributed by atoms with Gasteiger partial charge in [0.1, 0.15) is 17.0 Å². The third-order valence-electron chi connectivity index (χ3n) is 9.05. The second-order valence-electron chi connectivity index (χ2n) is 12.2. The number of rotatable bonds is 5. The predicted molar refractivity (Wildman–Crippen MR) is 167 cm³/mol. The summed E-state index contributed by atoms with van der Waals surface area (Å²) in [5.74, 6) is 0.792. The van der Waals surface area contributed by atoms with Crippen molar-refractivity contribution < 1.29 is 9.52 Å². The molecule has 1 N–H and O–H groups in total. The van der Waals surface area contributed by atoms with Crippen molar-refractivity contribution in [2.75, 3.05) is 29.4 Å². The number of anilines is 2. The maximum atomic E-state index is 10.4. The summed E-state index contributed by atoms with van der Waals surface area (Å²) in [5, 5.41) is 11.8. The van der Waals surface area contributed by atoms with Gasteiger partial charge in [-0.2, -0.15) is 0 Å². The lowest BCUT2D eigenvalue weighted by molar-refractivity contribution is 0.275. The number of fused-ring (bicyclic) bond motifs is 4. The van der Waals surface area contributed by atoms with Crippen LogP contribution >= 0.6 is 11.6 Å². The molecule has 0 bridgehead atoms.